The zero-order valence-corrected chi connectivity index (χ0v) is 16.6. The third-order valence-corrected chi connectivity index (χ3v) is 4.62. The molecule has 2 aromatic rings. The van der Waals surface area contributed by atoms with Crippen molar-refractivity contribution in [3.63, 3.8) is 0 Å². The van der Waals surface area contributed by atoms with Crippen molar-refractivity contribution in [1.82, 2.24) is 0 Å². The molecule has 146 valence electrons. The van der Waals surface area contributed by atoms with Crippen molar-refractivity contribution in [3.05, 3.63) is 53.1 Å². The van der Waals surface area contributed by atoms with E-state index in [0.717, 1.165) is 11.3 Å². The Morgan fingerprint density at radius 2 is 1.61 bits per heavy atom. The van der Waals surface area contributed by atoms with Gasteiger partial charge in [-0.3, -0.25) is 9.59 Å². The lowest BCUT2D eigenvalue weighted by Crippen LogP contribution is -2.31. The number of carbonyl (C=O) groups is 2. The van der Waals surface area contributed by atoms with Crippen LogP contribution in [-0.2, 0) is 9.59 Å². The molecule has 0 radical (unpaired) electrons. The van der Waals surface area contributed by atoms with E-state index in [1.807, 2.05) is 6.92 Å². The molecule has 0 fully saturated rings. The Balaban J connectivity index is 1.97. The van der Waals surface area contributed by atoms with Gasteiger partial charge < -0.3 is 14.2 Å². The van der Waals surface area contributed by atoms with Crippen LogP contribution in [0.1, 0.15) is 18.9 Å². The summed E-state index contributed by atoms with van der Waals surface area (Å²) < 4.78 is 16.1. The molecular weight excluding hydrogens is 382 g/mol. The van der Waals surface area contributed by atoms with Crippen LogP contribution in [0.5, 0.6) is 17.2 Å². The molecule has 1 aliphatic heterocycles. The summed E-state index contributed by atoms with van der Waals surface area (Å²) in [5, 5.41) is -0.142. The van der Waals surface area contributed by atoms with Crippen molar-refractivity contribution >= 4 is 34.7 Å². The van der Waals surface area contributed by atoms with Gasteiger partial charge in [0.1, 0.15) is 22.3 Å². The molecule has 2 amide bonds. The fraction of sp³-hybridized carbons (Fsp3) is 0.238. The van der Waals surface area contributed by atoms with Gasteiger partial charge in [0.25, 0.3) is 11.8 Å². The van der Waals surface area contributed by atoms with Crippen LogP contribution in [-0.4, -0.2) is 32.6 Å². The van der Waals surface area contributed by atoms with E-state index in [0.29, 0.717) is 29.4 Å². The van der Waals surface area contributed by atoms with E-state index in [-0.39, 0.29) is 16.3 Å². The van der Waals surface area contributed by atoms with Crippen LogP contribution in [0.4, 0.5) is 5.69 Å². The summed E-state index contributed by atoms with van der Waals surface area (Å²) in [6, 6.07) is 11.8. The second kappa shape index (κ2) is 8.35. The first-order chi connectivity index (χ1) is 13.5. The highest BCUT2D eigenvalue weighted by Gasteiger charge is 2.40. The summed E-state index contributed by atoms with van der Waals surface area (Å²) in [5.74, 6) is 0.392. The van der Waals surface area contributed by atoms with Gasteiger partial charge in [0.15, 0.2) is 0 Å². The summed E-state index contributed by atoms with van der Waals surface area (Å²) in [6.07, 6.45) is 0.892. The summed E-state index contributed by atoms with van der Waals surface area (Å²) in [6.45, 7) is 2.62. The number of hydrogen-bond donors (Lipinski definition) is 0. The average Bonchev–Trinajstić information content (AvgIpc) is 2.94. The lowest BCUT2D eigenvalue weighted by molar-refractivity contribution is -0.119. The van der Waals surface area contributed by atoms with Crippen molar-refractivity contribution in [2.45, 2.75) is 13.3 Å². The highest BCUT2D eigenvalue weighted by molar-refractivity contribution is 6.60. The lowest BCUT2D eigenvalue weighted by Gasteiger charge is -2.19. The smallest absolute Gasteiger partial charge is 0.277 e. The number of rotatable bonds is 7. The number of nitrogens with zero attached hydrogens (tertiary/aromatic N) is 1. The van der Waals surface area contributed by atoms with Crippen molar-refractivity contribution in [1.29, 1.82) is 0 Å². The molecule has 1 heterocycles. The van der Waals surface area contributed by atoms with E-state index < -0.39 is 11.8 Å². The van der Waals surface area contributed by atoms with Gasteiger partial charge in [-0.15, -0.1) is 0 Å². The van der Waals surface area contributed by atoms with Crippen LogP contribution in [0.2, 0.25) is 0 Å². The van der Waals surface area contributed by atoms with Crippen molar-refractivity contribution in [2.75, 3.05) is 25.7 Å². The fourth-order valence-corrected chi connectivity index (χ4v) is 3.16. The summed E-state index contributed by atoms with van der Waals surface area (Å²) in [7, 11) is 2.96. The van der Waals surface area contributed by atoms with Gasteiger partial charge in [-0.2, -0.15) is 0 Å². The van der Waals surface area contributed by atoms with Gasteiger partial charge in [0.05, 0.1) is 32.1 Å². The van der Waals surface area contributed by atoms with E-state index in [2.05, 4.69) is 0 Å². The zero-order valence-electron chi connectivity index (χ0n) is 15.8. The Labute approximate surface area is 168 Å². The number of halogens is 1. The summed E-state index contributed by atoms with van der Waals surface area (Å²) >= 11 is 6.26. The zero-order chi connectivity index (χ0) is 20.3. The molecule has 0 saturated carbocycles. The lowest BCUT2D eigenvalue weighted by atomic mass is 10.1. The SMILES string of the molecule is CCCOc1ccc(C2=C(Cl)C(=O)N(c3cc(OC)ccc3OC)C2=O)cc1. The van der Waals surface area contributed by atoms with Gasteiger partial charge in [-0.05, 0) is 36.2 Å². The Hall–Kier alpha value is -2.99. The van der Waals surface area contributed by atoms with E-state index in [9.17, 15) is 9.59 Å². The van der Waals surface area contributed by atoms with Crippen LogP contribution in [0, 0.1) is 0 Å². The van der Waals surface area contributed by atoms with E-state index in [1.165, 1.54) is 14.2 Å². The number of amides is 2. The molecule has 0 bridgehead atoms. The molecule has 0 N–H and O–H groups in total. The monoisotopic (exact) mass is 401 g/mol. The Morgan fingerprint density at radius 1 is 0.929 bits per heavy atom. The Bertz CT molecular complexity index is 936. The summed E-state index contributed by atoms with van der Waals surface area (Å²) in [5.41, 5.74) is 0.947. The van der Waals surface area contributed by atoms with Crippen molar-refractivity contribution in [2.24, 2.45) is 0 Å². The van der Waals surface area contributed by atoms with E-state index in [4.69, 9.17) is 25.8 Å². The average molecular weight is 402 g/mol. The first-order valence-electron chi connectivity index (χ1n) is 8.75. The molecule has 0 aromatic heterocycles. The van der Waals surface area contributed by atoms with Gasteiger partial charge in [0.2, 0.25) is 0 Å². The number of methoxy groups -OCH3 is 2. The predicted octanol–water partition coefficient (Wildman–Crippen LogP) is 4.02. The number of benzene rings is 2. The first kappa shape index (κ1) is 19.8. The maximum Gasteiger partial charge on any atom is 0.277 e. The van der Waals surface area contributed by atoms with Crippen LogP contribution in [0.3, 0.4) is 0 Å². The van der Waals surface area contributed by atoms with Gasteiger partial charge in [0, 0.05) is 6.07 Å². The van der Waals surface area contributed by atoms with Gasteiger partial charge >= 0.3 is 0 Å². The van der Waals surface area contributed by atoms with E-state index >= 15 is 0 Å². The molecule has 2 aromatic carbocycles. The minimum absolute atomic E-state index is 0.138. The molecule has 0 atom stereocenters. The van der Waals surface area contributed by atoms with Gasteiger partial charge in [-0.25, -0.2) is 4.90 Å². The first-order valence-corrected chi connectivity index (χ1v) is 9.13. The molecule has 0 saturated heterocycles. The topological polar surface area (TPSA) is 65.1 Å². The third kappa shape index (κ3) is 3.55. The number of carbonyl (C=O) groups excluding carboxylic acids is 2. The normalized spacial score (nSPS) is 13.9. The fourth-order valence-electron chi connectivity index (χ4n) is 2.88. The highest BCUT2D eigenvalue weighted by atomic mass is 35.5. The second-order valence-electron chi connectivity index (χ2n) is 6.05. The molecule has 28 heavy (non-hydrogen) atoms. The Kier molecular flexibility index (Phi) is 5.90. The van der Waals surface area contributed by atoms with Crippen molar-refractivity contribution in [3.8, 4) is 17.2 Å². The number of ether oxygens (including phenoxy) is 3. The minimum Gasteiger partial charge on any atom is -0.497 e. The molecule has 7 heteroatoms. The largest absolute Gasteiger partial charge is 0.497 e. The standard InChI is InChI=1S/C21H20ClNO5/c1-4-11-28-14-7-5-13(6-8-14)18-19(22)21(25)23(20(18)24)16-12-15(26-2)9-10-17(16)27-3/h5-10,12H,4,11H2,1-3H3. The molecule has 0 aliphatic carbocycles. The van der Waals surface area contributed by atoms with Crippen LogP contribution in [0.15, 0.2) is 47.5 Å². The second-order valence-corrected chi connectivity index (χ2v) is 6.42. The third-order valence-electron chi connectivity index (χ3n) is 4.27. The molecule has 6 nitrogen and oxygen atoms in total. The maximum atomic E-state index is 13.1. The predicted molar refractivity (Wildman–Crippen MR) is 107 cm³/mol. The number of hydrogen-bond acceptors (Lipinski definition) is 5. The number of anilines is 1. The molecule has 1 aliphatic rings. The van der Waals surface area contributed by atoms with Gasteiger partial charge in [-0.1, -0.05) is 30.7 Å². The minimum atomic E-state index is -0.612. The molecule has 0 unspecified atom stereocenters. The van der Waals surface area contributed by atoms with Crippen LogP contribution >= 0.6 is 11.6 Å². The molecule has 3 rings (SSSR count). The van der Waals surface area contributed by atoms with Crippen LogP contribution < -0.4 is 19.1 Å². The van der Waals surface area contributed by atoms with Crippen molar-refractivity contribution < 1.29 is 23.8 Å². The van der Waals surface area contributed by atoms with E-state index in [1.54, 1.807) is 42.5 Å². The Morgan fingerprint density at radius 3 is 2.21 bits per heavy atom. The highest BCUT2D eigenvalue weighted by Crippen LogP contribution is 2.40. The summed E-state index contributed by atoms with van der Waals surface area (Å²) in [4.78, 5) is 26.9. The molecular formula is C21H20ClNO5. The van der Waals surface area contributed by atoms with Crippen LogP contribution in [0.25, 0.3) is 5.57 Å². The maximum absolute atomic E-state index is 13.1. The number of imide groups is 1. The molecule has 0 spiro atoms. The quantitative estimate of drug-likeness (QED) is 0.656.